The molecule has 1 fully saturated rings. The number of carbonyl (C=O) groups is 3. The lowest BCUT2D eigenvalue weighted by Gasteiger charge is -2.31. The minimum absolute atomic E-state index is 0.00381. The molecule has 1 aromatic rings. The molecule has 0 radical (unpaired) electrons. The van der Waals surface area contributed by atoms with Crippen LogP contribution < -0.4 is 4.74 Å². The fourth-order valence-electron chi connectivity index (χ4n) is 2.87. The smallest absolute Gasteiger partial charge is 0.306 e. The zero-order chi connectivity index (χ0) is 20.0. The standard InChI is InChI=1S/C19H27N3O5/c1-4-13(2)27-16-11-15(5-8-20-16)18(24)21(3)12-17(23)22-9-6-14(7-10-22)19(25)26/h5,8,11,13-14H,4,6-7,9-10,12H2,1-3H3,(H,25,26). The van der Waals surface area contributed by atoms with Crippen LogP contribution in [0.25, 0.3) is 0 Å². The van der Waals surface area contributed by atoms with E-state index in [1.807, 2.05) is 13.8 Å². The number of rotatable bonds is 7. The summed E-state index contributed by atoms with van der Waals surface area (Å²) < 4.78 is 5.63. The molecule has 0 spiro atoms. The first-order valence-corrected chi connectivity index (χ1v) is 9.20. The molecule has 2 rings (SSSR count). The van der Waals surface area contributed by atoms with E-state index in [1.165, 1.54) is 11.1 Å². The Morgan fingerprint density at radius 1 is 1.37 bits per heavy atom. The molecule has 8 nitrogen and oxygen atoms in total. The van der Waals surface area contributed by atoms with E-state index in [0.29, 0.717) is 37.4 Å². The lowest BCUT2D eigenvalue weighted by atomic mass is 9.97. The van der Waals surface area contributed by atoms with Gasteiger partial charge in [0.15, 0.2) is 0 Å². The van der Waals surface area contributed by atoms with Crippen LogP contribution in [0.4, 0.5) is 0 Å². The van der Waals surface area contributed by atoms with Crippen LogP contribution in [0.2, 0.25) is 0 Å². The number of hydrogen-bond acceptors (Lipinski definition) is 5. The number of aromatic nitrogens is 1. The van der Waals surface area contributed by atoms with Crippen LogP contribution in [-0.4, -0.2) is 70.5 Å². The normalized spacial score (nSPS) is 15.9. The summed E-state index contributed by atoms with van der Waals surface area (Å²) in [5.41, 5.74) is 0.406. The van der Waals surface area contributed by atoms with E-state index < -0.39 is 11.9 Å². The first-order valence-electron chi connectivity index (χ1n) is 9.20. The van der Waals surface area contributed by atoms with Gasteiger partial charge in [0, 0.05) is 38.0 Å². The van der Waals surface area contributed by atoms with Crippen molar-refractivity contribution in [3.05, 3.63) is 23.9 Å². The molecular weight excluding hydrogens is 350 g/mol. The molecule has 27 heavy (non-hydrogen) atoms. The molecule has 8 heteroatoms. The summed E-state index contributed by atoms with van der Waals surface area (Å²) >= 11 is 0. The van der Waals surface area contributed by atoms with Crippen LogP contribution in [0.5, 0.6) is 5.88 Å². The van der Waals surface area contributed by atoms with Gasteiger partial charge in [-0.15, -0.1) is 0 Å². The number of aliphatic carboxylic acids is 1. The zero-order valence-electron chi connectivity index (χ0n) is 16.1. The van der Waals surface area contributed by atoms with Crippen molar-refractivity contribution in [1.29, 1.82) is 0 Å². The Labute approximate surface area is 159 Å². The fraction of sp³-hybridized carbons (Fsp3) is 0.579. The Bertz CT molecular complexity index is 686. The predicted molar refractivity (Wildman–Crippen MR) is 98.5 cm³/mol. The third-order valence-electron chi connectivity index (χ3n) is 4.79. The summed E-state index contributed by atoms with van der Waals surface area (Å²) in [6.07, 6.45) is 3.22. The monoisotopic (exact) mass is 377 g/mol. The Kier molecular flexibility index (Phi) is 7.15. The molecule has 0 aliphatic carbocycles. The Morgan fingerprint density at radius 3 is 2.63 bits per heavy atom. The van der Waals surface area contributed by atoms with Crippen LogP contribution in [-0.2, 0) is 9.59 Å². The first kappa shape index (κ1) is 20.7. The maximum Gasteiger partial charge on any atom is 0.306 e. The summed E-state index contributed by atoms with van der Waals surface area (Å²) in [4.78, 5) is 43.1. The number of likely N-dealkylation sites (N-methyl/N-ethyl adjacent to an activating group) is 1. The molecule has 1 aromatic heterocycles. The molecular formula is C19H27N3O5. The van der Waals surface area contributed by atoms with Crippen LogP contribution in [0.15, 0.2) is 18.3 Å². The Hall–Kier alpha value is -2.64. The van der Waals surface area contributed by atoms with Crippen molar-refractivity contribution in [1.82, 2.24) is 14.8 Å². The topological polar surface area (TPSA) is 100 Å². The Morgan fingerprint density at radius 2 is 2.04 bits per heavy atom. The third-order valence-corrected chi connectivity index (χ3v) is 4.79. The van der Waals surface area contributed by atoms with Crippen LogP contribution in [0, 0.1) is 5.92 Å². The maximum atomic E-state index is 12.6. The summed E-state index contributed by atoms with van der Waals surface area (Å²) in [6, 6.07) is 3.17. The summed E-state index contributed by atoms with van der Waals surface area (Å²) in [5, 5.41) is 9.03. The number of carboxylic acid groups (broad SMARTS) is 1. The lowest BCUT2D eigenvalue weighted by Crippen LogP contribution is -2.45. The van der Waals surface area contributed by atoms with Crippen molar-refractivity contribution in [2.75, 3.05) is 26.7 Å². The molecule has 1 N–H and O–H groups in total. The van der Waals surface area contributed by atoms with E-state index >= 15 is 0 Å². The van der Waals surface area contributed by atoms with Gasteiger partial charge in [-0.05, 0) is 32.3 Å². The quantitative estimate of drug-likeness (QED) is 0.776. The number of amides is 2. The van der Waals surface area contributed by atoms with Crippen molar-refractivity contribution in [3.8, 4) is 5.88 Å². The number of nitrogens with zero attached hydrogens (tertiary/aromatic N) is 3. The molecule has 1 atom stereocenters. The van der Waals surface area contributed by atoms with Crippen molar-refractivity contribution in [2.24, 2.45) is 5.92 Å². The molecule has 1 unspecified atom stereocenters. The number of ether oxygens (including phenoxy) is 1. The molecule has 2 amide bonds. The van der Waals surface area contributed by atoms with Gasteiger partial charge in [-0.3, -0.25) is 14.4 Å². The number of piperidine rings is 1. The molecule has 148 valence electrons. The highest BCUT2D eigenvalue weighted by atomic mass is 16.5. The lowest BCUT2D eigenvalue weighted by molar-refractivity contribution is -0.145. The molecule has 0 aromatic carbocycles. The zero-order valence-corrected chi connectivity index (χ0v) is 16.1. The van der Waals surface area contributed by atoms with E-state index in [1.54, 1.807) is 24.1 Å². The number of carboxylic acids is 1. The molecule has 1 saturated heterocycles. The van der Waals surface area contributed by atoms with Gasteiger partial charge in [0.05, 0.1) is 18.6 Å². The first-order chi connectivity index (χ1) is 12.8. The number of hydrogen-bond donors (Lipinski definition) is 1. The van der Waals surface area contributed by atoms with E-state index in [2.05, 4.69) is 4.98 Å². The highest BCUT2D eigenvalue weighted by Gasteiger charge is 2.28. The minimum atomic E-state index is -0.817. The summed E-state index contributed by atoms with van der Waals surface area (Å²) in [7, 11) is 1.57. The van der Waals surface area contributed by atoms with Gasteiger partial charge < -0.3 is 19.6 Å². The van der Waals surface area contributed by atoms with Gasteiger partial charge in [0.1, 0.15) is 0 Å². The number of likely N-dealkylation sites (tertiary alicyclic amines) is 1. The SMILES string of the molecule is CCC(C)Oc1cc(C(=O)N(C)CC(=O)N2CCC(C(=O)O)CC2)ccn1. The summed E-state index contributed by atoms with van der Waals surface area (Å²) in [6.45, 7) is 4.67. The predicted octanol–water partition coefficient (Wildman–Crippen LogP) is 1.65. The molecule has 1 aliphatic rings. The maximum absolute atomic E-state index is 12.6. The van der Waals surface area contributed by atoms with Gasteiger partial charge in [-0.1, -0.05) is 6.92 Å². The second kappa shape index (κ2) is 9.34. The molecule has 0 bridgehead atoms. The average Bonchev–Trinajstić information content (AvgIpc) is 2.67. The van der Waals surface area contributed by atoms with Crippen molar-refractivity contribution < 1.29 is 24.2 Å². The third kappa shape index (κ3) is 5.67. The highest BCUT2D eigenvalue weighted by molar-refractivity contribution is 5.96. The van der Waals surface area contributed by atoms with E-state index in [-0.39, 0.29) is 24.5 Å². The van der Waals surface area contributed by atoms with Crippen LogP contribution in [0.3, 0.4) is 0 Å². The van der Waals surface area contributed by atoms with Crippen LogP contribution in [0.1, 0.15) is 43.5 Å². The van der Waals surface area contributed by atoms with Crippen LogP contribution >= 0.6 is 0 Å². The number of carbonyl (C=O) groups excluding carboxylic acids is 2. The van der Waals surface area contributed by atoms with Gasteiger partial charge in [0.25, 0.3) is 5.91 Å². The van der Waals surface area contributed by atoms with E-state index in [0.717, 1.165) is 6.42 Å². The van der Waals surface area contributed by atoms with E-state index in [4.69, 9.17) is 9.84 Å². The fourth-order valence-corrected chi connectivity index (χ4v) is 2.87. The van der Waals surface area contributed by atoms with Gasteiger partial charge in [-0.25, -0.2) is 4.98 Å². The highest BCUT2D eigenvalue weighted by Crippen LogP contribution is 2.18. The average molecular weight is 377 g/mol. The summed E-state index contributed by atoms with van der Waals surface area (Å²) in [5.74, 6) is -1.30. The largest absolute Gasteiger partial charge is 0.481 e. The van der Waals surface area contributed by atoms with Crippen molar-refractivity contribution in [2.45, 2.75) is 39.2 Å². The second-order valence-corrected chi connectivity index (χ2v) is 6.87. The van der Waals surface area contributed by atoms with E-state index in [9.17, 15) is 14.4 Å². The van der Waals surface area contributed by atoms with Gasteiger partial charge in [-0.2, -0.15) is 0 Å². The molecule has 0 saturated carbocycles. The Balaban J connectivity index is 1.92. The van der Waals surface area contributed by atoms with Crippen molar-refractivity contribution >= 4 is 17.8 Å². The van der Waals surface area contributed by atoms with Crippen molar-refractivity contribution in [3.63, 3.8) is 0 Å². The van der Waals surface area contributed by atoms with Gasteiger partial charge in [0.2, 0.25) is 11.8 Å². The minimum Gasteiger partial charge on any atom is -0.481 e. The second-order valence-electron chi connectivity index (χ2n) is 6.87. The molecule has 2 heterocycles. The molecule has 1 aliphatic heterocycles. The van der Waals surface area contributed by atoms with Gasteiger partial charge >= 0.3 is 5.97 Å². The number of pyridine rings is 1.